The highest BCUT2D eigenvalue weighted by molar-refractivity contribution is 5.47. The summed E-state index contributed by atoms with van der Waals surface area (Å²) in [4.78, 5) is 2.27. The van der Waals surface area contributed by atoms with Gasteiger partial charge in [0.2, 0.25) is 0 Å². The van der Waals surface area contributed by atoms with Gasteiger partial charge in [-0.2, -0.15) is 0 Å². The number of ether oxygens (including phenoxy) is 1. The zero-order valence-corrected chi connectivity index (χ0v) is 11.6. The molecule has 0 N–H and O–H groups in total. The Kier molecular flexibility index (Phi) is 3.70. The van der Waals surface area contributed by atoms with Crippen LogP contribution in [-0.2, 0) is 11.3 Å². The summed E-state index contributed by atoms with van der Waals surface area (Å²) in [6.45, 7) is 4.25. The quantitative estimate of drug-likeness (QED) is 0.779. The molecule has 3 heteroatoms. The van der Waals surface area contributed by atoms with Crippen molar-refractivity contribution in [2.24, 2.45) is 0 Å². The molecule has 2 nitrogen and oxygen atoms in total. The Balaban J connectivity index is 1.95. The molecule has 0 amide bonds. The number of hydrogen-bond acceptors (Lipinski definition) is 2. The van der Waals surface area contributed by atoms with Gasteiger partial charge in [-0.1, -0.05) is 24.3 Å². The fraction of sp³-hybridized carbons (Fsp3) is 0.294. The molecule has 0 fully saturated rings. The average molecular weight is 271 g/mol. The molecule has 0 bridgehead atoms. The summed E-state index contributed by atoms with van der Waals surface area (Å²) in [6.07, 6.45) is -0.0568. The smallest absolute Gasteiger partial charge is 0.123 e. The molecule has 0 saturated heterocycles. The Bertz CT molecular complexity index is 585. The van der Waals surface area contributed by atoms with Crippen molar-refractivity contribution in [3.63, 3.8) is 0 Å². The van der Waals surface area contributed by atoms with Crippen LogP contribution in [0, 0.1) is 5.82 Å². The largest absolute Gasteiger partial charge is 0.372 e. The molecule has 1 unspecified atom stereocenters. The minimum absolute atomic E-state index is 0.0568. The van der Waals surface area contributed by atoms with E-state index in [9.17, 15) is 4.39 Å². The number of anilines is 1. The molecule has 0 aliphatic carbocycles. The third kappa shape index (κ3) is 2.68. The van der Waals surface area contributed by atoms with Crippen LogP contribution in [-0.4, -0.2) is 13.2 Å². The van der Waals surface area contributed by atoms with Crippen LogP contribution in [0.25, 0.3) is 0 Å². The summed E-state index contributed by atoms with van der Waals surface area (Å²) < 4.78 is 19.3. The number of nitrogens with zero attached hydrogens (tertiary/aromatic N) is 1. The maximum atomic E-state index is 13.5. The van der Waals surface area contributed by atoms with E-state index in [1.807, 2.05) is 31.2 Å². The third-order valence-electron chi connectivity index (χ3n) is 3.76. The predicted octanol–water partition coefficient (Wildman–Crippen LogP) is 3.92. The lowest BCUT2D eigenvalue weighted by Gasteiger charge is -2.30. The predicted molar refractivity (Wildman–Crippen MR) is 78.3 cm³/mol. The third-order valence-corrected chi connectivity index (χ3v) is 3.76. The van der Waals surface area contributed by atoms with Crippen LogP contribution in [0.5, 0.6) is 0 Å². The van der Waals surface area contributed by atoms with E-state index in [2.05, 4.69) is 17.0 Å². The van der Waals surface area contributed by atoms with Gasteiger partial charge in [-0.05, 0) is 42.3 Å². The van der Waals surface area contributed by atoms with E-state index in [-0.39, 0.29) is 11.9 Å². The van der Waals surface area contributed by atoms with E-state index in [4.69, 9.17) is 4.74 Å². The fourth-order valence-corrected chi connectivity index (χ4v) is 2.66. The van der Waals surface area contributed by atoms with Crippen molar-refractivity contribution < 1.29 is 9.13 Å². The van der Waals surface area contributed by atoms with Gasteiger partial charge in [0.05, 0.1) is 12.7 Å². The van der Waals surface area contributed by atoms with Crippen LogP contribution in [0.4, 0.5) is 10.1 Å². The van der Waals surface area contributed by atoms with Crippen molar-refractivity contribution in [3.05, 3.63) is 65.5 Å². The van der Waals surface area contributed by atoms with E-state index < -0.39 is 0 Å². The SMILES string of the molecule is CC1OCCN(c2ccccc2)Cc2ccc(F)cc21. The fourth-order valence-electron chi connectivity index (χ4n) is 2.66. The Morgan fingerprint density at radius 3 is 2.75 bits per heavy atom. The molecular formula is C17H18FNO. The number of para-hydroxylation sites is 1. The number of fused-ring (bicyclic) bond motifs is 1. The van der Waals surface area contributed by atoms with Crippen LogP contribution in [0.15, 0.2) is 48.5 Å². The van der Waals surface area contributed by atoms with Gasteiger partial charge in [0.25, 0.3) is 0 Å². The van der Waals surface area contributed by atoms with Crippen molar-refractivity contribution in [1.82, 2.24) is 0 Å². The van der Waals surface area contributed by atoms with Gasteiger partial charge >= 0.3 is 0 Å². The number of benzene rings is 2. The molecule has 2 aromatic carbocycles. The number of halogens is 1. The van der Waals surface area contributed by atoms with E-state index in [1.54, 1.807) is 6.07 Å². The first-order valence-electron chi connectivity index (χ1n) is 6.94. The Morgan fingerprint density at radius 1 is 1.15 bits per heavy atom. The molecule has 1 aliphatic heterocycles. The van der Waals surface area contributed by atoms with Gasteiger partial charge < -0.3 is 9.64 Å². The second-order valence-corrected chi connectivity index (χ2v) is 5.11. The van der Waals surface area contributed by atoms with Gasteiger partial charge in [0, 0.05) is 18.8 Å². The normalized spacial score (nSPS) is 19.1. The van der Waals surface area contributed by atoms with Gasteiger partial charge in [-0.3, -0.25) is 0 Å². The lowest BCUT2D eigenvalue weighted by atomic mass is 10.0. The maximum Gasteiger partial charge on any atom is 0.123 e. The van der Waals surface area contributed by atoms with Crippen LogP contribution in [0.1, 0.15) is 24.2 Å². The molecule has 20 heavy (non-hydrogen) atoms. The zero-order valence-electron chi connectivity index (χ0n) is 11.6. The molecule has 1 aliphatic rings. The highest BCUT2D eigenvalue weighted by atomic mass is 19.1. The second kappa shape index (κ2) is 5.63. The highest BCUT2D eigenvalue weighted by Gasteiger charge is 2.18. The number of rotatable bonds is 1. The van der Waals surface area contributed by atoms with Crippen molar-refractivity contribution in [3.8, 4) is 0 Å². The average Bonchev–Trinajstić information content (AvgIpc) is 2.46. The lowest BCUT2D eigenvalue weighted by Crippen LogP contribution is -2.30. The molecule has 2 aromatic rings. The molecule has 1 heterocycles. The topological polar surface area (TPSA) is 12.5 Å². The van der Waals surface area contributed by atoms with Crippen molar-refractivity contribution in [2.45, 2.75) is 19.6 Å². The maximum absolute atomic E-state index is 13.5. The molecule has 0 radical (unpaired) electrons. The van der Waals surface area contributed by atoms with Crippen LogP contribution >= 0.6 is 0 Å². The van der Waals surface area contributed by atoms with Crippen molar-refractivity contribution in [2.75, 3.05) is 18.1 Å². The lowest BCUT2D eigenvalue weighted by molar-refractivity contribution is 0.0670. The van der Waals surface area contributed by atoms with Gasteiger partial charge in [0.1, 0.15) is 5.82 Å². The monoisotopic (exact) mass is 271 g/mol. The van der Waals surface area contributed by atoms with Gasteiger partial charge in [0.15, 0.2) is 0 Å². The Hall–Kier alpha value is -1.87. The van der Waals surface area contributed by atoms with Crippen LogP contribution in [0.3, 0.4) is 0 Å². The standard InChI is InChI=1S/C17H18FNO/c1-13-17-11-15(18)8-7-14(17)12-19(9-10-20-13)16-5-3-2-4-6-16/h2-8,11,13H,9-10,12H2,1H3. The zero-order chi connectivity index (χ0) is 13.9. The minimum Gasteiger partial charge on any atom is -0.372 e. The molecule has 0 spiro atoms. The second-order valence-electron chi connectivity index (χ2n) is 5.11. The first kappa shape index (κ1) is 13.1. The summed E-state index contributed by atoms with van der Waals surface area (Å²) in [5.74, 6) is -0.203. The van der Waals surface area contributed by atoms with Crippen LogP contribution < -0.4 is 4.90 Å². The van der Waals surface area contributed by atoms with Crippen molar-refractivity contribution in [1.29, 1.82) is 0 Å². The molecule has 0 aromatic heterocycles. The van der Waals surface area contributed by atoms with E-state index >= 15 is 0 Å². The summed E-state index contributed by atoms with van der Waals surface area (Å²) >= 11 is 0. The van der Waals surface area contributed by atoms with Gasteiger partial charge in [-0.15, -0.1) is 0 Å². The molecule has 1 atom stereocenters. The minimum atomic E-state index is -0.203. The van der Waals surface area contributed by atoms with E-state index in [0.29, 0.717) is 6.61 Å². The molecular weight excluding hydrogens is 253 g/mol. The summed E-state index contributed by atoms with van der Waals surface area (Å²) in [5.41, 5.74) is 3.24. The highest BCUT2D eigenvalue weighted by Crippen LogP contribution is 2.27. The Labute approximate surface area is 118 Å². The number of hydrogen-bond donors (Lipinski definition) is 0. The van der Waals surface area contributed by atoms with Crippen LogP contribution in [0.2, 0.25) is 0 Å². The summed E-state index contributed by atoms with van der Waals surface area (Å²) in [7, 11) is 0. The molecule has 104 valence electrons. The summed E-state index contributed by atoms with van der Waals surface area (Å²) in [6, 6.07) is 15.2. The Morgan fingerprint density at radius 2 is 1.95 bits per heavy atom. The first-order valence-corrected chi connectivity index (χ1v) is 6.94. The van der Waals surface area contributed by atoms with Gasteiger partial charge in [-0.25, -0.2) is 4.39 Å². The molecule has 0 saturated carbocycles. The van der Waals surface area contributed by atoms with Crippen molar-refractivity contribution >= 4 is 5.69 Å². The first-order chi connectivity index (χ1) is 9.74. The molecule has 3 rings (SSSR count). The summed E-state index contributed by atoms with van der Waals surface area (Å²) in [5, 5.41) is 0. The van der Waals surface area contributed by atoms with E-state index in [0.717, 1.165) is 24.2 Å². The van der Waals surface area contributed by atoms with E-state index in [1.165, 1.54) is 11.8 Å².